The molecule has 0 amide bonds. The van der Waals surface area contributed by atoms with Gasteiger partial charge in [0.05, 0.1) is 0 Å². The summed E-state index contributed by atoms with van der Waals surface area (Å²) < 4.78 is 6.16. The third-order valence-corrected chi connectivity index (χ3v) is 4.59. The van der Waals surface area contributed by atoms with Crippen LogP contribution in [-0.2, 0) is 16.9 Å². The molecule has 1 heterocycles. The van der Waals surface area contributed by atoms with E-state index >= 15 is 0 Å². The van der Waals surface area contributed by atoms with Gasteiger partial charge in [0.15, 0.2) is 0 Å². The maximum atomic E-state index is 6.16. The number of nitrogens with one attached hydrogen (secondary N) is 2. The van der Waals surface area contributed by atoms with E-state index in [4.69, 9.17) is 4.74 Å². The van der Waals surface area contributed by atoms with Crippen LogP contribution in [0.4, 0.5) is 0 Å². The normalized spacial score (nSPS) is 30.6. The molecule has 2 N–H and O–H groups in total. The Labute approximate surface area is 121 Å². The molecule has 0 saturated heterocycles. The van der Waals surface area contributed by atoms with Crippen LogP contribution in [0.15, 0.2) is 6.20 Å². The zero-order valence-corrected chi connectivity index (χ0v) is 12.7. The Hall–Kier alpha value is -0.870. The highest BCUT2D eigenvalue weighted by molar-refractivity contribution is 5.11. The van der Waals surface area contributed by atoms with Gasteiger partial charge in [0.2, 0.25) is 0 Å². The average molecular weight is 277 g/mol. The van der Waals surface area contributed by atoms with Gasteiger partial charge in [0.1, 0.15) is 11.4 Å². The zero-order valence-electron chi connectivity index (χ0n) is 12.7. The molecule has 2 atom stereocenters. The molecule has 0 bridgehead atoms. The molecular formula is C16H27N3O. The van der Waals surface area contributed by atoms with Crippen LogP contribution in [0.25, 0.3) is 0 Å². The molecule has 2 unspecified atom stereocenters. The second-order valence-electron chi connectivity index (χ2n) is 6.54. The molecule has 0 radical (unpaired) electrons. The summed E-state index contributed by atoms with van der Waals surface area (Å²) in [6, 6.07) is 0.734. The Kier molecular flexibility index (Phi) is 4.13. The fourth-order valence-electron chi connectivity index (χ4n) is 3.42. The third-order valence-electron chi connectivity index (χ3n) is 4.59. The summed E-state index contributed by atoms with van der Waals surface area (Å²) in [5.41, 5.74) is 1.01. The lowest BCUT2D eigenvalue weighted by molar-refractivity contribution is -0.0876. The van der Waals surface area contributed by atoms with Gasteiger partial charge >= 0.3 is 0 Å². The van der Waals surface area contributed by atoms with Crippen molar-refractivity contribution < 1.29 is 4.74 Å². The minimum absolute atomic E-state index is 0.176. The van der Waals surface area contributed by atoms with Gasteiger partial charge in [-0.25, -0.2) is 4.98 Å². The van der Waals surface area contributed by atoms with Crippen molar-refractivity contribution in [3.05, 3.63) is 17.7 Å². The van der Waals surface area contributed by atoms with E-state index in [1.54, 1.807) is 0 Å². The summed E-state index contributed by atoms with van der Waals surface area (Å²) in [6.07, 6.45) is 9.34. The van der Waals surface area contributed by atoms with Crippen LogP contribution in [0.2, 0.25) is 0 Å². The molecule has 3 rings (SSSR count). The molecular weight excluding hydrogens is 250 g/mol. The van der Waals surface area contributed by atoms with Gasteiger partial charge in [-0.15, -0.1) is 0 Å². The predicted octanol–water partition coefficient (Wildman–Crippen LogP) is 3.10. The Balaban J connectivity index is 1.72. The number of aromatic amines is 1. The lowest BCUT2D eigenvalue weighted by atomic mass is 9.78. The topological polar surface area (TPSA) is 49.9 Å². The highest BCUT2D eigenvalue weighted by atomic mass is 16.5. The number of ether oxygens (including phenoxy) is 1. The lowest BCUT2D eigenvalue weighted by Gasteiger charge is -2.38. The van der Waals surface area contributed by atoms with Gasteiger partial charge in [0.25, 0.3) is 0 Å². The van der Waals surface area contributed by atoms with E-state index in [0.717, 1.165) is 37.9 Å². The smallest absolute Gasteiger partial charge is 0.138 e. The molecule has 1 aromatic heterocycles. The van der Waals surface area contributed by atoms with Gasteiger partial charge in [-0.3, -0.25) is 0 Å². The molecule has 4 heteroatoms. The molecule has 0 aromatic carbocycles. The highest BCUT2D eigenvalue weighted by Gasteiger charge is 2.39. The molecule has 2 fully saturated rings. The van der Waals surface area contributed by atoms with Crippen LogP contribution in [0.1, 0.15) is 63.9 Å². The molecule has 20 heavy (non-hydrogen) atoms. The maximum Gasteiger partial charge on any atom is 0.138 e. The van der Waals surface area contributed by atoms with Gasteiger partial charge in [-0.05, 0) is 44.9 Å². The Morgan fingerprint density at radius 1 is 1.45 bits per heavy atom. The Morgan fingerprint density at radius 3 is 3.00 bits per heavy atom. The predicted molar refractivity (Wildman–Crippen MR) is 79.4 cm³/mol. The van der Waals surface area contributed by atoms with Gasteiger partial charge in [-0.2, -0.15) is 0 Å². The van der Waals surface area contributed by atoms with Crippen molar-refractivity contribution in [1.82, 2.24) is 15.3 Å². The van der Waals surface area contributed by atoms with E-state index in [1.165, 1.54) is 31.4 Å². The van der Waals surface area contributed by atoms with Gasteiger partial charge in [0, 0.05) is 31.1 Å². The van der Waals surface area contributed by atoms with Crippen molar-refractivity contribution in [1.29, 1.82) is 0 Å². The second kappa shape index (κ2) is 5.86. The van der Waals surface area contributed by atoms with E-state index in [0.29, 0.717) is 5.92 Å². The number of hydrogen-bond donors (Lipinski definition) is 2. The summed E-state index contributed by atoms with van der Waals surface area (Å²) in [7, 11) is 0. The molecule has 112 valence electrons. The summed E-state index contributed by atoms with van der Waals surface area (Å²) in [6.45, 7) is 6.06. The summed E-state index contributed by atoms with van der Waals surface area (Å²) in [4.78, 5) is 8.16. The van der Waals surface area contributed by atoms with Crippen molar-refractivity contribution in [2.75, 3.05) is 6.61 Å². The van der Waals surface area contributed by atoms with Gasteiger partial charge in [-0.1, -0.05) is 13.3 Å². The number of rotatable bonds is 6. The van der Waals surface area contributed by atoms with Crippen molar-refractivity contribution in [3.63, 3.8) is 0 Å². The van der Waals surface area contributed by atoms with Gasteiger partial charge < -0.3 is 15.0 Å². The minimum atomic E-state index is -0.176. The fraction of sp³-hybridized carbons (Fsp3) is 0.812. The SMILES string of the molecule is CCOC1(c2ncc(CNC3CC3)[nH]2)CCCC(C)C1. The standard InChI is InChI=1S/C16H27N3O/c1-3-20-16(8-4-5-12(2)9-16)15-18-11-14(19-15)10-17-13-6-7-13/h11-13,17H,3-10H2,1-2H3,(H,18,19). The molecule has 4 nitrogen and oxygen atoms in total. The number of nitrogens with zero attached hydrogens (tertiary/aromatic N) is 1. The quantitative estimate of drug-likeness (QED) is 0.840. The van der Waals surface area contributed by atoms with E-state index in [-0.39, 0.29) is 5.60 Å². The van der Waals surface area contributed by atoms with Crippen molar-refractivity contribution >= 4 is 0 Å². The summed E-state index contributed by atoms with van der Waals surface area (Å²) in [5, 5.41) is 3.53. The Bertz CT molecular complexity index is 437. The second-order valence-corrected chi connectivity index (χ2v) is 6.54. The van der Waals surface area contributed by atoms with Crippen LogP contribution in [0.5, 0.6) is 0 Å². The lowest BCUT2D eigenvalue weighted by Crippen LogP contribution is -2.36. The maximum absolute atomic E-state index is 6.16. The van der Waals surface area contributed by atoms with Crippen molar-refractivity contribution in [3.8, 4) is 0 Å². The van der Waals surface area contributed by atoms with E-state index in [9.17, 15) is 0 Å². The molecule has 1 aromatic rings. The first kappa shape index (κ1) is 14.1. The highest BCUT2D eigenvalue weighted by Crippen LogP contribution is 2.41. The summed E-state index contributed by atoms with van der Waals surface area (Å²) in [5.74, 6) is 1.76. The van der Waals surface area contributed by atoms with Crippen molar-refractivity contribution in [2.24, 2.45) is 5.92 Å². The minimum Gasteiger partial charge on any atom is -0.367 e. The molecule has 2 saturated carbocycles. The largest absolute Gasteiger partial charge is 0.367 e. The van der Waals surface area contributed by atoms with E-state index in [1.807, 2.05) is 6.20 Å². The molecule has 2 aliphatic carbocycles. The number of H-pyrrole nitrogens is 1. The summed E-state index contributed by atoms with van der Waals surface area (Å²) >= 11 is 0. The monoisotopic (exact) mass is 277 g/mol. The van der Waals surface area contributed by atoms with E-state index < -0.39 is 0 Å². The van der Waals surface area contributed by atoms with E-state index in [2.05, 4.69) is 29.1 Å². The van der Waals surface area contributed by atoms with Crippen LogP contribution >= 0.6 is 0 Å². The average Bonchev–Trinajstić information content (AvgIpc) is 3.13. The third kappa shape index (κ3) is 3.07. The fourth-order valence-corrected chi connectivity index (χ4v) is 3.42. The van der Waals surface area contributed by atoms with Crippen LogP contribution in [-0.4, -0.2) is 22.6 Å². The van der Waals surface area contributed by atoms with Crippen LogP contribution < -0.4 is 5.32 Å². The zero-order chi connectivity index (χ0) is 14.0. The molecule has 2 aliphatic rings. The first-order valence-corrected chi connectivity index (χ1v) is 8.13. The first-order chi connectivity index (χ1) is 9.72. The number of hydrogen-bond acceptors (Lipinski definition) is 3. The molecule has 0 aliphatic heterocycles. The van der Waals surface area contributed by atoms with Crippen molar-refractivity contribution in [2.45, 2.75) is 70.6 Å². The number of aromatic nitrogens is 2. The molecule has 0 spiro atoms. The Morgan fingerprint density at radius 2 is 2.30 bits per heavy atom. The van der Waals surface area contributed by atoms with Crippen LogP contribution in [0.3, 0.4) is 0 Å². The van der Waals surface area contributed by atoms with Crippen LogP contribution in [0, 0.1) is 5.92 Å². The first-order valence-electron chi connectivity index (χ1n) is 8.13. The number of imidazole rings is 1.